The Morgan fingerprint density at radius 3 is 2.59 bits per heavy atom. The summed E-state index contributed by atoms with van der Waals surface area (Å²) in [6.07, 6.45) is 0.154. The Hall–Kier alpha value is -1.59. The van der Waals surface area contributed by atoms with Crippen LogP contribution in [0.1, 0.15) is 17.5 Å². The molecular formula is C17H25N3O2. The van der Waals surface area contributed by atoms with Crippen molar-refractivity contribution < 1.29 is 9.90 Å². The molecule has 5 nitrogen and oxygen atoms in total. The number of hydrogen-bond donors (Lipinski definition) is 2. The molecule has 0 bridgehead atoms. The summed E-state index contributed by atoms with van der Waals surface area (Å²) >= 11 is 0. The van der Waals surface area contributed by atoms with Crippen LogP contribution in [0.5, 0.6) is 0 Å². The molecule has 0 unspecified atom stereocenters. The normalized spacial score (nSPS) is 25.6. The third kappa shape index (κ3) is 2.96. The lowest BCUT2D eigenvalue weighted by atomic mass is 10.1. The van der Waals surface area contributed by atoms with Crippen LogP contribution < -0.4 is 10.2 Å². The highest BCUT2D eigenvalue weighted by Crippen LogP contribution is 2.24. The molecule has 2 atom stereocenters. The first-order valence-electron chi connectivity index (χ1n) is 8.07. The van der Waals surface area contributed by atoms with Gasteiger partial charge in [0.05, 0.1) is 12.1 Å². The third-order valence-corrected chi connectivity index (χ3v) is 4.91. The molecule has 0 aliphatic carbocycles. The molecule has 2 aliphatic heterocycles. The second-order valence-electron chi connectivity index (χ2n) is 6.38. The lowest BCUT2D eigenvalue weighted by molar-refractivity contribution is -0.133. The molecule has 0 aromatic heterocycles. The van der Waals surface area contributed by atoms with Crippen LogP contribution in [0, 0.1) is 13.8 Å². The van der Waals surface area contributed by atoms with Crippen LogP contribution in [0.15, 0.2) is 18.2 Å². The fourth-order valence-corrected chi connectivity index (χ4v) is 3.37. The number of carbonyl (C=O) groups excluding carboxylic acids is 1. The Bertz CT molecular complexity index is 553. The molecule has 3 rings (SSSR count). The Morgan fingerprint density at radius 2 is 1.95 bits per heavy atom. The van der Waals surface area contributed by atoms with E-state index in [4.69, 9.17) is 0 Å². The van der Waals surface area contributed by atoms with Gasteiger partial charge in [-0.25, -0.2) is 0 Å². The van der Waals surface area contributed by atoms with Crippen LogP contribution in [0.2, 0.25) is 0 Å². The van der Waals surface area contributed by atoms with Crippen molar-refractivity contribution in [3.8, 4) is 0 Å². The van der Waals surface area contributed by atoms with E-state index in [0.717, 1.165) is 26.2 Å². The molecule has 2 saturated heterocycles. The molecule has 1 amide bonds. The molecule has 0 spiro atoms. The van der Waals surface area contributed by atoms with Crippen LogP contribution in [-0.4, -0.2) is 60.8 Å². The van der Waals surface area contributed by atoms with E-state index in [9.17, 15) is 9.90 Å². The minimum Gasteiger partial charge on any atom is -0.392 e. The van der Waals surface area contributed by atoms with Crippen molar-refractivity contribution in [1.29, 1.82) is 0 Å². The summed E-state index contributed by atoms with van der Waals surface area (Å²) in [6.45, 7) is 8.05. The zero-order valence-electron chi connectivity index (χ0n) is 13.4. The number of β-amino-alcohol motifs (C(OH)–C–C–N with tert-alkyl or cyclic N) is 1. The second kappa shape index (κ2) is 6.26. The molecule has 2 N–H and O–H groups in total. The van der Waals surface area contributed by atoms with Crippen LogP contribution in [-0.2, 0) is 4.79 Å². The van der Waals surface area contributed by atoms with Gasteiger partial charge in [-0.05, 0) is 37.5 Å². The molecule has 0 saturated carbocycles. The van der Waals surface area contributed by atoms with Crippen molar-refractivity contribution in [2.75, 3.05) is 37.6 Å². The van der Waals surface area contributed by atoms with Gasteiger partial charge in [-0.1, -0.05) is 12.1 Å². The Morgan fingerprint density at radius 1 is 1.23 bits per heavy atom. The van der Waals surface area contributed by atoms with Crippen LogP contribution in [0.3, 0.4) is 0 Å². The summed E-state index contributed by atoms with van der Waals surface area (Å²) in [6, 6.07) is 6.19. The van der Waals surface area contributed by atoms with Gasteiger partial charge in [-0.15, -0.1) is 0 Å². The fraction of sp³-hybridized carbons (Fsp3) is 0.588. The van der Waals surface area contributed by atoms with Gasteiger partial charge in [0.1, 0.15) is 0 Å². The zero-order chi connectivity index (χ0) is 15.7. The summed E-state index contributed by atoms with van der Waals surface area (Å²) in [7, 11) is 0. The van der Waals surface area contributed by atoms with Gasteiger partial charge in [0.2, 0.25) is 5.91 Å². The van der Waals surface area contributed by atoms with Crippen molar-refractivity contribution in [3.05, 3.63) is 29.3 Å². The number of anilines is 1. The van der Waals surface area contributed by atoms with Crippen molar-refractivity contribution in [1.82, 2.24) is 10.2 Å². The first-order valence-corrected chi connectivity index (χ1v) is 8.07. The van der Waals surface area contributed by atoms with Gasteiger partial charge < -0.3 is 20.2 Å². The number of nitrogens with zero attached hydrogens (tertiary/aromatic N) is 2. The molecule has 2 fully saturated rings. The molecule has 1 aromatic carbocycles. The number of benzene rings is 1. The molecule has 5 heteroatoms. The van der Waals surface area contributed by atoms with Gasteiger partial charge in [0, 0.05) is 38.4 Å². The summed E-state index contributed by atoms with van der Waals surface area (Å²) in [5.74, 6) is 0.136. The molecule has 0 radical (unpaired) electrons. The summed E-state index contributed by atoms with van der Waals surface area (Å²) < 4.78 is 0. The minimum atomic E-state index is -0.384. The number of carbonyl (C=O) groups is 1. The SMILES string of the molecule is Cc1cccc(N2CCN(C(=O)[C@@H]3C[C@@H](O)CN3)CC2)c1C. The monoisotopic (exact) mass is 303 g/mol. The van der Waals surface area contributed by atoms with Crippen molar-refractivity contribution in [2.45, 2.75) is 32.4 Å². The number of aliphatic hydroxyl groups excluding tert-OH is 1. The van der Waals surface area contributed by atoms with Crippen LogP contribution >= 0.6 is 0 Å². The first-order chi connectivity index (χ1) is 10.6. The number of aliphatic hydroxyl groups is 1. The summed E-state index contributed by atoms with van der Waals surface area (Å²) in [4.78, 5) is 16.7. The number of rotatable bonds is 2. The predicted molar refractivity (Wildman–Crippen MR) is 87.1 cm³/mol. The largest absolute Gasteiger partial charge is 0.392 e. The van der Waals surface area contributed by atoms with E-state index in [1.54, 1.807) is 0 Å². The lowest BCUT2D eigenvalue weighted by Gasteiger charge is -2.38. The number of amides is 1. The maximum absolute atomic E-state index is 12.4. The molecule has 1 aromatic rings. The van der Waals surface area contributed by atoms with E-state index < -0.39 is 0 Å². The average molecular weight is 303 g/mol. The number of nitrogens with one attached hydrogen (secondary N) is 1. The number of hydrogen-bond acceptors (Lipinski definition) is 4. The van der Waals surface area contributed by atoms with E-state index in [2.05, 4.69) is 42.3 Å². The van der Waals surface area contributed by atoms with Gasteiger partial charge in [-0.2, -0.15) is 0 Å². The number of piperazine rings is 1. The molecule has 22 heavy (non-hydrogen) atoms. The van der Waals surface area contributed by atoms with E-state index >= 15 is 0 Å². The molecule has 120 valence electrons. The zero-order valence-corrected chi connectivity index (χ0v) is 13.4. The highest BCUT2D eigenvalue weighted by atomic mass is 16.3. The smallest absolute Gasteiger partial charge is 0.239 e. The van der Waals surface area contributed by atoms with E-state index in [1.807, 2.05) is 4.90 Å². The van der Waals surface area contributed by atoms with Crippen LogP contribution in [0.25, 0.3) is 0 Å². The lowest BCUT2D eigenvalue weighted by Crippen LogP contribution is -2.53. The van der Waals surface area contributed by atoms with E-state index in [0.29, 0.717) is 13.0 Å². The van der Waals surface area contributed by atoms with Gasteiger partial charge in [-0.3, -0.25) is 4.79 Å². The molecule has 2 aliphatic rings. The summed E-state index contributed by atoms with van der Waals surface area (Å²) in [5.41, 5.74) is 3.91. The quantitative estimate of drug-likeness (QED) is 0.843. The van der Waals surface area contributed by atoms with E-state index in [-0.39, 0.29) is 18.1 Å². The number of aryl methyl sites for hydroxylation is 1. The Balaban J connectivity index is 1.60. The van der Waals surface area contributed by atoms with Crippen molar-refractivity contribution in [2.24, 2.45) is 0 Å². The third-order valence-electron chi connectivity index (χ3n) is 4.91. The molecule has 2 heterocycles. The highest BCUT2D eigenvalue weighted by molar-refractivity contribution is 5.82. The predicted octanol–water partition coefficient (Wildman–Crippen LogP) is 0.675. The van der Waals surface area contributed by atoms with Crippen LogP contribution in [0.4, 0.5) is 5.69 Å². The Labute approximate surface area is 131 Å². The first kappa shape index (κ1) is 15.3. The van der Waals surface area contributed by atoms with Gasteiger partial charge >= 0.3 is 0 Å². The molecular weight excluding hydrogens is 278 g/mol. The fourth-order valence-electron chi connectivity index (χ4n) is 3.37. The van der Waals surface area contributed by atoms with Crippen molar-refractivity contribution in [3.63, 3.8) is 0 Å². The summed E-state index contributed by atoms with van der Waals surface area (Å²) in [5, 5.41) is 12.7. The standard InChI is InChI=1S/C17H25N3O2/c1-12-4-3-5-16(13(12)2)19-6-8-20(9-7-19)17(22)15-10-14(21)11-18-15/h3-5,14-15,18,21H,6-11H2,1-2H3/t14-,15+/m1/s1. The Kier molecular flexibility index (Phi) is 4.36. The maximum atomic E-state index is 12.4. The average Bonchev–Trinajstić information content (AvgIpc) is 2.96. The van der Waals surface area contributed by atoms with Gasteiger partial charge in [0.25, 0.3) is 0 Å². The maximum Gasteiger partial charge on any atom is 0.239 e. The van der Waals surface area contributed by atoms with Gasteiger partial charge in [0.15, 0.2) is 0 Å². The minimum absolute atomic E-state index is 0.136. The second-order valence-corrected chi connectivity index (χ2v) is 6.38. The van der Waals surface area contributed by atoms with E-state index in [1.165, 1.54) is 16.8 Å². The highest BCUT2D eigenvalue weighted by Gasteiger charge is 2.32. The topological polar surface area (TPSA) is 55.8 Å². The van der Waals surface area contributed by atoms with Crippen molar-refractivity contribution >= 4 is 11.6 Å².